The van der Waals surface area contributed by atoms with Crippen LogP contribution in [0.2, 0.25) is 0 Å². The highest BCUT2D eigenvalue weighted by Crippen LogP contribution is 2.72. The van der Waals surface area contributed by atoms with Gasteiger partial charge in [0.05, 0.1) is 18.1 Å². The molecule has 0 aromatic carbocycles. The number of Topliss-reactive ketones (excluding diaryl/α,β-unsaturated/α-hetero) is 1. The van der Waals surface area contributed by atoms with Crippen molar-refractivity contribution in [1.82, 2.24) is 0 Å². The molecule has 1 aromatic rings. The lowest BCUT2D eigenvalue weighted by atomic mass is 9.35. The Morgan fingerprint density at radius 2 is 2.10 bits per heavy atom. The van der Waals surface area contributed by atoms with Crippen LogP contribution in [0.1, 0.15) is 74.9 Å². The number of ether oxygens (including phenoxy) is 1. The lowest BCUT2D eigenvalue weighted by Crippen LogP contribution is -2.69. The highest BCUT2D eigenvalue weighted by atomic mass is 32.1. The van der Waals surface area contributed by atoms with Gasteiger partial charge in [-0.1, -0.05) is 32.9 Å². The van der Waals surface area contributed by atoms with Crippen molar-refractivity contribution in [2.24, 2.45) is 34.0 Å². The highest BCUT2D eigenvalue weighted by molar-refractivity contribution is 7.11. The largest absolute Gasteiger partial charge is 0.461 e. The molecule has 5 fully saturated rings. The van der Waals surface area contributed by atoms with Gasteiger partial charge in [0.2, 0.25) is 0 Å². The molecule has 1 heterocycles. The minimum Gasteiger partial charge on any atom is -0.461 e. The molecule has 0 saturated heterocycles. The van der Waals surface area contributed by atoms with E-state index in [0.717, 1.165) is 50.5 Å². The van der Waals surface area contributed by atoms with E-state index >= 15 is 0 Å². The standard InChI is InChI=1S/C26H34O4S/c1-4-25-10-6-9-24(3,15-30-23(29)18-7-5-12-31-18)19(25)14-21(27)26-11-8-17(13-20(25)26)16(2)22(26)28/h5,7,12,17,19-21,27H,2,4,6,8-11,13-15H2,1,3H3/t17?,19?,20?,21-,24+,25-,26-/m1/s1. The van der Waals surface area contributed by atoms with Gasteiger partial charge in [-0.25, -0.2) is 4.79 Å². The van der Waals surface area contributed by atoms with Crippen LogP contribution in [-0.2, 0) is 9.53 Å². The first-order valence-corrected chi connectivity index (χ1v) is 12.8. The van der Waals surface area contributed by atoms with Crippen molar-refractivity contribution in [2.45, 2.75) is 71.3 Å². The van der Waals surface area contributed by atoms with Crippen LogP contribution < -0.4 is 0 Å². The van der Waals surface area contributed by atoms with Crippen molar-refractivity contribution >= 4 is 23.1 Å². The summed E-state index contributed by atoms with van der Waals surface area (Å²) in [5.41, 5.74) is -0.0313. The van der Waals surface area contributed by atoms with Gasteiger partial charge in [0.25, 0.3) is 0 Å². The third-order valence-corrected chi connectivity index (χ3v) is 10.7. The van der Waals surface area contributed by atoms with E-state index in [9.17, 15) is 14.7 Å². The number of esters is 1. The molecule has 168 valence electrons. The van der Waals surface area contributed by atoms with Crippen LogP contribution in [0.25, 0.3) is 0 Å². The smallest absolute Gasteiger partial charge is 0.348 e. The second-order valence-corrected chi connectivity index (χ2v) is 11.8. The third kappa shape index (κ3) is 2.81. The van der Waals surface area contributed by atoms with Gasteiger partial charge in [-0.05, 0) is 85.1 Å². The number of aliphatic hydroxyl groups excluding tert-OH is 1. The molecule has 5 aliphatic rings. The fraction of sp³-hybridized carbons (Fsp3) is 0.692. The lowest BCUT2D eigenvalue weighted by Gasteiger charge is -2.69. The van der Waals surface area contributed by atoms with E-state index in [-0.39, 0.29) is 40.3 Å². The van der Waals surface area contributed by atoms with Gasteiger partial charge >= 0.3 is 5.97 Å². The number of allylic oxidation sites excluding steroid dienone is 1. The van der Waals surface area contributed by atoms with Crippen molar-refractivity contribution in [3.05, 3.63) is 34.5 Å². The van der Waals surface area contributed by atoms with Crippen molar-refractivity contribution in [2.75, 3.05) is 6.61 Å². The first-order valence-electron chi connectivity index (χ1n) is 11.9. The number of hydrogen-bond acceptors (Lipinski definition) is 5. The Balaban J connectivity index is 1.48. The zero-order chi connectivity index (χ0) is 22.0. The van der Waals surface area contributed by atoms with Gasteiger partial charge in [-0.3, -0.25) is 4.79 Å². The zero-order valence-corrected chi connectivity index (χ0v) is 19.5. The van der Waals surface area contributed by atoms with Gasteiger partial charge < -0.3 is 9.84 Å². The van der Waals surface area contributed by atoms with Crippen LogP contribution >= 0.6 is 11.3 Å². The fourth-order valence-corrected chi connectivity index (χ4v) is 8.96. The third-order valence-electron chi connectivity index (χ3n) is 9.84. The second kappa shape index (κ2) is 7.28. The van der Waals surface area contributed by atoms with E-state index < -0.39 is 11.5 Å². The van der Waals surface area contributed by atoms with E-state index in [2.05, 4.69) is 20.4 Å². The second-order valence-electron chi connectivity index (χ2n) is 10.9. The Hall–Kier alpha value is -1.46. The maximum absolute atomic E-state index is 13.5. The number of ketones is 1. The molecule has 1 aromatic heterocycles. The number of aliphatic hydroxyl groups is 1. The summed E-state index contributed by atoms with van der Waals surface area (Å²) in [7, 11) is 0. The summed E-state index contributed by atoms with van der Waals surface area (Å²) in [6.45, 7) is 9.03. The topological polar surface area (TPSA) is 63.6 Å². The number of rotatable bonds is 4. The normalized spacial score (nSPS) is 44.0. The Kier molecular flexibility index (Phi) is 5.02. The zero-order valence-electron chi connectivity index (χ0n) is 18.7. The molecule has 4 nitrogen and oxygen atoms in total. The monoisotopic (exact) mass is 442 g/mol. The summed E-state index contributed by atoms with van der Waals surface area (Å²) in [6, 6.07) is 3.67. The molecule has 5 heteroatoms. The van der Waals surface area contributed by atoms with Crippen molar-refractivity contribution in [1.29, 1.82) is 0 Å². The van der Waals surface area contributed by atoms with E-state index in [0.29, 0.717) is 17.9 Å². The van der Waals surface area contributed by atoms with Crippen LogP contribution in [0.4, 0.5) is 0 Å². The number of carbonyl (C=O) groups is 2. The molecule has 1 spiro atoms. The predicted molar refractivity (Wildman–Crippen MR) is 121 cm³/mol. The number of hydrogen-bond donors (Lipinski definition) is 1. The van der Waals surface area contributed by atoms with Crippen molar-refractivity contribution in [3.8, 4) is 0 Å². The molecule has 5 saturated carbocycles. The Morgan fingerprint density at radius 1 is 1.29 bits per heavy atom. The molecule has 7 atom stereocenters. The van der Waals surface area contributed by atoms with Crippen LogP contribution in [0.3, 0.4) is 0 Å². The minimum atomic E-state index is -0.635. The summed E-state index contributed by atoms with van der Waals surface area (Å²) in [6.07, 6.45) is 6.97. The minimum absolute atomic E-state index is 0.0244. The molecule has 1 N–H and O–H groups in total. The summed E-state index contributed by atoms with van der Waals surface area (Å²) >= 11 is 1.41. The Labute approximate surface area is 189 Å². The number of carbonyl (C=O) groups excluding carboxylic acids is 2. The van der Waals surface area contributed by atoms with Gasteiger partial charge in [-0.2, -0.15) is 0 Å². The maximum atomic E-state index is 13.5. The molecule has 0 aliphatic heterocycles. The molecule has 31 heavy (non-hydrogen) atoms. The Morgan fingerprint density at radius 3 is 2.81 bits per heavy atom. The van der Waals surface area contributed by atoms with Crippen LogP contribution in [0.15, 0.2) is 29.7 Å². The van der Waals surface area contributed by atoms with Crippen LogP contribution in [-0.4, -0.2) is 29.6 Å². The quantitative estimate of drug-likeness (QED) is 0.500. The molecule has 6 rings (SSSR count). The fourth-order valence-electron chi connectivity index (χ4n) is 8.34. The number of fused-ring (bicyclic) bond motifs is 3. The Bertz CT molecular complexity index is 907. The van der Waals surface area contributed by atoms with E-state index in [1.54, 1.807) is 6.07 Å². The number of thiophene rings is 1. The maximum Gasteiger partial charge on any atom is 0.348 e. The average Bonchev–Trinajstić information content (AvgIpc) is 3.31. The first-order chi connectivity index (χ1) is 14.8. The molecule has 0 radical (unpaired) electrons. The van der Waals surface area contributed by atoms with E-state index in [1.165, 1.54) is 11.3 Å². The molecule has 0 amide bonds. The molecule has 5 aliphatic carbocycles. The molecular weight excluding hydrogens is 408 g/mol. The molecular formula is C26H34O4S. The summed E-state index contributed by atoms with van der Waals surface area (Å²) in [5.74, 6) is 0.637. The van der Waals surface area contributed by atoms with Gasteiger partial charge in [0.1, 0.15) is 4.88 Å². The highest BCUT2D eigenvalue weighted by Gasteiger charge is 2.70. The van der Waals surface area contributed by atoms with Crippen LogP contribution in [0.5, 0.6) is 0 Å². The van der Waals surface area contributed by atoms with Crippen molar-refractivity contribution in [3.63, 3.8) is 0 Å². The SMILES string of the molecule is C=C1C(=O)[C@]23CCC1CC2[C@]1(CC)CCC[C@@](C)(COC(=O)c2cccs2)C1C[C@H]3O. The first kappa shape index (κ1) is 21.4. The van der Waals surface area contributed by atoms with Gasteiger partial charge in [0.15, 0.2) is 5.78 Å². The van der Waals surface area contributed by atoms with Gasteiger partial charge in [0, 0.05) is 5.41 Å². The summed E-state index contributed by atoms with van der Waals surface area (Å²) in [4.78, 5) is 26.7. The summed E-state index contributed by atoms with van der Waals surface area (Å²) in [5, 5.41) is 13.4. The lowest BCUT2D eigenvalue weighted by molar-refractivity contribution is -0.225. The molecule has 2 bridgehead atoms. The van der Waals surface area contributed by atoms with Crippen LogP contribution in [0, 0.1) is 34.0 Å². The molecule has 3 unspecified atom stereocenters. The predicted octanol–water partition coefficient (Wildman–Crippen LogP) is 5.41. The van der Waals surface area contributed by atoms with E-state index in [4.69, 9.17) is 4.74 Å². The van der Waals surface area contributed by atoms with E-state index in [1.807, 2.05) is 11.4 Å². The average molecular weight is 443 g/mol. The van der Waals surface area contributed by atoms with Gasteiger partial charge in [-0.15, -0.1) is 11.3 Å². The summed E-state index contributed by atoms with van der Waals surface area (Å²) < 4.78 is 5.85. The van der Waals surface area contributed by atoms with Crippen molar-refractivity contribution < 1.29 is 19.4 Å².